The molecule has 0 fully saturated rings. The van der Waals surface area contributed by atoms with Crippen LogP contribution in [0.25, 0.3) is 105 Å². The summed E-state index contributed by atoms with van der Waals surface area (Å²) in [6.07, 6.45) is 5.79. The monoisotopic (exact) mass is 725 g/mol. The molecule has 0 aliphatic heterocycles. The maximum absolute atomic E-state index is 4.80. The van der Waals surface area contributed by atoms with Gasteiger partial charge in [-0.1, -0.05) is 146 Å². The highest BCUT2D eigenvalue weighted by atomic mass is 15.0. The molecular weight excluding hydrogens is 691 g/mol. The van der Waals surface area contributed by atoms with Crippen molar-refractivity contribution in [2.75, 3.05) is 0 Å². The number of hydrogen-bond acceptors (Lipinski definition) is 2. The molecule has 3 heterocycles. The number of para-hydroxylation sites is 1. The zero-order chi connectivity index (χ0) is 37.7. The van der Waals surface area contributed by atoms with Gasteiger partial charge in [0.2, 0.25) is 0 Å². The highest BCUT2D eigenvalue weighted by Crippen LogP contribution is 2.44. The molecular formula is C54H35N3. The molecule has 0 N–H and O–H groups in total. The molecule has 0 radical (unpaired) electrons. The normalized spacial score (nSPS) is 11.5. The maximum atomic E-state index is 4.80. The quantitative estimate of drug-likeness (QED) is 0.160. The summed E-state index contributed by atoms with van der Waals surface area (Å²) in [7, 11) is 0. The first-order valence-electron chi connectivity index (χ1n) is 19.4. The third kappa shape index (κ3) is 5.60. The van der Waals surface area contributed by atoms with Crippen LogP contribution in [0.2, 0.25) is 0 Å². The molecule has 3 heteroatoms. The number of benzene rings is 8. The average Bonchev–Trinajstić information content (AvgIpc) is 3.62. The molecule has 0 spiro atoms. The van der Waals surface area contributed by atoms with Crippen molar-refractivity contribution < 1.29 is 0 Å². The Hall–Kier alpha value is -7.62. The predicted molar refractivity (Wildman–Crippen MR) is 239 cm³/mol. The molecule has 0 saturated heterocycles. The molecule has 0 bridgehead atoms. The van der Waals surface area contributed by atoms with Crippen molar-refractivity contribution in [3.63, 3.8) is 0 Å². The second-order valence-electron chi connectivity index (χ2n) is 14.6. The smallest absolute Gasteiger partial charge is 0.145 e. The van der Waals surface area contributed by atoms with Crippen LogP contribution in [0, 0.1) is 0 Å². The second-order valence-corrected chi connectivity index (χ2v) is 14.6. The summed E-state index contributed by atoms with van der Waals surface area (Å²) in [4.78, 5) is 9.54. The van der Waals surface area contributed by atoms with Crippen LogP contribution in [-0.4, -0.2) is 14.5 Å². The van der Waals surface area contributed by atoms with E-state index >= 15 is 0 Å². The van der Waals surface area contributed by atoms with Crippen molar-refractivity contribution in [2.24, 2.45) is 0 Å². The van der Waals surface area contributed by atoms with Gasteiger partial charge in [-0.15, -0.1) is 0 Å². The minimum absolute atomic E-state index is 0.954. The van der Waals surface area contributed by atoms with Gasteiger partial charge in [-0.2, -0.15) is 0 Å². The fourth-order valence-electron chi connectivity index (χ4n) is 8.68. The fraction of sp³-hybridized carbons (Fsp3) is 0. The Balaban J connectivity index is 0.988. The molecule has 8 aromatic carbocycles. The first kappa shape index (κ1) is 32.8. The van der Waals surface area contributed by atoms with Crippen molar-refractivity contribution in [3.05, 3.63) is 213 Å². The minimum Gasteiger partial charge on any atom is -0.294 e. The Kier molecular flexibility index (Phi) is 7.82. The van der Waals surface area contributed by atoms with E-state index < -0.39 is 0 Å². The SMILES string of the molecule is c1ccc(-c2cccc(-c3c4ccccc4c(-c4ccc(-c5cncc(-c6ccc7c(c6)c6cccnc6n7-c6ccccc6)c5)cc4)c4ccccc34)c2)cc1. The van der Waals surface area contributed by atoms with Crippen molar-refractivity contribution in [1.29, 1.82) is 0 Å². The highest BCUT2D eigenvalue weighted by Gasteiger charge is 2.18. The standard InChI is InChI=1S/C54H35N3/c1-3-13-36(14-4-1)39-15-11-16-41(31-39)53-47-21-9-7-19-45(47)52(46-20-8-10-22-48(46)53)38-26-24-37(25-27-38)42-32-43(35-55-34-42)40-28-29-51-50(33-40)49-23-12-30-56-54(49)57(51)44-17-5-2-6-18-44/h1-35H. The van der Waals surface area contributed by atoms with Crippen LogP contribution in [0.4, 0.5) is 0 Å². The molecule has 3 nitrogen and oxygen atoms in total. The molecule has 0 unspecified atom stereocenters. The Bertz CT molecular complexity index is 3210. The summed E-state index contributed by atoms with van der Waals surface area (Å²) in [6.45, 7) is 0. The zero-order valence-electron chi connectivity index (χ0n) is 31.0. The molecule has 0 aliphatic carbocycles. The van der Waals surface area contributed by atoms with Crippen LogP contribution in [0.15, 0.2) is 213 Å². The molecule has 57 heavy (non-hydrogen) atoms. The van der Waals surface area contributed by atoms with Gasteiger partial charge >= 0.3 is 0 Å². The summed E-state index contributed by atoms with van der Waals surface area (Å²) in [6, 6.07) is 69.9. The van der Waals surface area contributed by atoms with Gasteiger partial charge in [0, 0.05) is 46.2 Å². The Morgan fingerprint density at radius 3 is 1.51 bits per heavy atom. The lowest BCUT2D eigenvalue weighted by molar-refractivity contribution is 1.14. The minimum atomic E-state index is 0.954. The Labute approximate surface area is 330 Å². The van der Waals surface area contributed by atoms with Gasteiger partial charge in [0.15, 0.2) is 0 Å². The second kappa shape index (κ2) is 13.6. The third-order valence-corrected chi connectivity index (χ3v) is 11.3. The van der Waals surface area contributed by atoms with Crippen LogP contribution in [0.5, 0.6) is 0 Å². The topological polar surface area (TPSA) is 30.7 Å². The lowest BCUT2D eigenvalue weighted by Crippen LogP contribution is -1.94. The molecule has 266 valence electrons. The van der Waals surface area contributed by atoms with E-state index in [1.165, 1.54) is 60.3 Å². The molecule has 11 rings (SSSR count). The number of aromatic nitrogens is 3. The average molecular weight is 726 g/mol. The van der Waals surface area contributed by atoms with Crippen LogP contribution < -0.4 is 0 Å². The molecule has 11 aromatic rings. The van der Waals surface area contributed by atoms with Crippen LogP contribution in [-0.2, 0) is 0 Å². The van der Waals surface area contributed by atoms with Gasteiger partial charge in [-0.25, -0.2) is 4.98 Å². The Morgan fingerprint density at radius 1 is 0.316 bits per heavy atom. The number of hydrogen-bond donors (Lipinski definition) is 0. The van der Waals surface area contributed by atoms with E-state index in [1.807, 2.05) is 30.7 Å². The van der Waals surface area contributed by atoms with E-state index in [0.29, 0.717) is 0 Å². The largest absolute Gasteiger partial charge is 0.294 e. The van der Waals surface area contributed by atoms with Gasteiger partial charge in [0.1, 0.15) is 5.65 Å². The molecule has 0 atom stereocenters. The van der Waals surface area contributed by atoms with Crippen LogP contribution in [0.3, 0.4) is 0 Å². The van der Waals surface area contributed by atoms with E-state index in [-0.39, 0.29) is 0 Å². The number of rotatable bonds is 6. The van der Waals surface area contributed by atoms with Crippen LogP contribution >= 0.6 is 0 Å². The summed E-state index contributed by atoms with van der Waals surface area (Å²) in [5.74, 6) is 0. The molecule has 0 amide bonds. The highest BCUT2D eigenvalue weighted by molar-refractivity contribution is 6.21. The number of fused-ring (bicyclic) bond motifs is 5. The lowest BCUT2D eigenvalue weighted by atomic mass is 9.85. The van der Waals surface area contributed by atoms with Crippen molar-refractivity contribution in [3.8, 4) is 61.3 Å². The summed E-state index contributed by atoms with van der Waals surface area (Å²) in [5, 5.41) is 7.28. The molecule has 0 saturated carbocycles. The first-order valence-corrected chi connectivity index (χ1v) is 19.4. The van der Waals surface area contributed by atoms with E-state index in [4.69, 9.17) is 9.97 Å². The van der Waals surface area contributed by atoms with Crippen LogP contribution in [0.1, 0.15) is 0 Å². The summed E-state index contributed by atoms with van der Waals surface area (Å²) in [5.41, 5.74) is 14.9. The molecule has 3 aromatic heterocycles. The number of pyridine rings is 2. The van der Waals surface area contributed by atoms with Gasteiger partial charge in [-0.05, 0) is 115 Å². The van der Waals surface area contributed by atoms with Crippen molar-refractivity contribution >= 4 is 43.5 Å². The van der Waals surface area contributed by atoms with Gasteiger partial charge in [0.05, 0.1) is 5.52 Å². The molecule has 0 aliphatic rings. The zero-order valence-corrected chi connectivity index (χ0v) is 31.0. The van der Waals surface area contributed by atoms with Gasteiger partial charge in [-0.3, -0.25) is 9.55 Å². The van der Waals surface area contributed by atoms with E-state index in [2.05, 4.69) is 187 Å². The van der Waals surface area contributed by atoms with E-state index in [1.54, 1.807) is 0 Å². The summed E-state index contributed by atoms with van der Waals surface area (Å²) >= 11 is 0. The van der Waals surface area contributed by atoms with E-state index in [0.717, 1.165) is 44.5 Å². The summed E-state index contributed by atoms with van der Waals surface area (Å²) < 4.78 is 2.24. The number of nitrogens with zero attached hydrogens (tertiary/aromatic N) is 3. The first-order chi connectivity index (χ1) is 28.3. The van der Waals surface area contributed by atoms with Gasteiger partial charge in [0.25, 0.3) is 0 Å². The Morgan fingerprint density at radius 2 is 0.807 bits per heavy atom. The van der Waals surface area contributed by atoms with Crippen molar-refractivity contribution in [1.82, 2.24) is 14.5 Å². The third-order valence-electron chi connectivity index (χ3n) is 11.3. The van der Waals surface area contributed by atoms with E-state index in [9.17, 15) is 0 Å². The predicted octanol–water partition coefficient (Wildman–Crippen LogP) is 14.2. The van der Waals surface area contributed by atoms with Crippen molar-refractivity contribution in [2.45, 2.75) is 0 Å². The lowest BCUT2D eigenvalue weighted by Gasteiger charge is -2.18. The fourth-order valence-corrected chi connectivity index (χ4v) is 8.68. The van der Waals surface area contributed by atoms with Gasteiger partial charge < -0.3 is 0 Å². The maximum Gasteiger partial charge on any atom is 0.145 e.